The fourth-order valence-electron chi connectivity index (χ4n) is 3.32. The minimum Gasteiger partial charge on any atom is -0.454 e. The van der Waals surface area contributed by atoms with Gasteiger partial charge in [0.1, 0.15) is 0 Å². The van der Waals surface area contributed by atoms with E-state index < -0.39 is 0 Å². The molecule has 3 aliphatic rings. The molecular weight excluding hydrogens is 320 g/mol. The van der Waals surface area contributed by atoms with Crippen molar-refractivity contribution in [2.75, 3.05) is 46.2 Å². The Balaban J connectivity index is 1.26. The van der Waals surface area contributed by atoms with Gasteiger partial charge in [0.2, 0.25) is 12.7 Å². The van der Waals surface area contributed by atoms with E-state index in [0.29, 0.717) is 0 Å². The Bertz CT molecular complexity index is 663. The van der Waals surface area contributed by atoms with Gasteiger partial charge in [0.25, 0.3) is 0 Å². The second-order valence-electron chi connectivity index (χ2n) is 7.05. The molecule has 0 atom stereocenters. The molecule has 1 aromatic carbocycles. The van der Waals surface area contributed by atoms with E-state index in [1.165, 1.54) is 12.8 Å². The predicted octanol–water partition coefficient (Wildman–Crippen LogP) is 1.66. The van der Waals surface area contributed by atoms with E-state index in [4.69, 9.17) is 14.2 Å². The summed E-state index contributed by atoms with van der Waals surface area (Å²) in [6.07, 6.45) is 5.77. The number of rotatable bonds is 6. The van der Waals surface area contributed by atoms with Crippen LogP contribution >= 0.6 is 0 Å². The fraction of sp³-hybridized carbons (Fsp3) is 0.526. The molecule has 2 aliphatic heterocycles. The molecule has 1 N–H and O–H groups in total. The first-order chi connectivity index (χ1) is 12.2. The zero-order chi connectivity index (χ0) is 17.1. The third-order valence-corrected chi connectivity index (χ3v) is 5.08. The molecule has 134 valence electrons. The summed E-state index contributed by atoms with van der Waals surface area (Å²) in [4.78, 5) is 14.6. The van der Waals surface area contributed by atoms with Gasteiger partial charge in [-0.05, 0) is 36.6 Å². The van der Waals surface area contributed by atoms with Crippen molar-refractivity contribution < 1.29 is 19.0 Å². The van der Waals surface area contributed by atoms with Crippen molar-refractivity contribution in [3.63, 3.8) is 0 Å². The molecule has 1 aromatic rings. The van der Waals surface area contributed by atoms with Gasteiger partial charge in [-0.3, -0.25) is 9.69 Å². The zero-order valence-corrected chi connectivity index (χ0v) is 14.3. The number of carbonyl (C=O) groups is 1. The first kappa shape index (κ1) is 16.4. The monoisotopic (exact) mass is 344 g/mol. The molecule has 0 bridgehead atoms. The van der Waals surface area contributed by atoms with Gasteiger partial charge in [0, 0.05) is 37.7 Å². The molecule has 0 radical (unpaired) electrons. The summed E-state index contributed by atoms with van der Waals surface area (Å²) in [5, 5.41) is 3.06. The van der Waals surface area contributed by atoms with Crippen LogP contribution in [0.3, 0.4) is 0 Å². The van der Waals surface area contributed by atoms with E-state index in [2.05, 4.69) is 10.2 Å². The van der Waals surface area contributed by atoms with Crippen LogP contribution in [0.15, 0.2) is 24.3 Å². The highest BCUT2D eigenvalue weighted by Gasteiger charge is 2.43. The van der Waals surface area contributed by atoms with Crippen LogP contribution in [-0.2, 0) is 9.53 Å². The van der Waals surface area contributed by atoms with Gasteiger partial charge in [0.05, 0.1) is 13.2 Å². The summed E-state index contributed by atoms with van der Waals surface area (Å²) in [6.45, 7) is 5.70. The summed E-state index contributed by atoms with van der Waals surface area (Å²) >= 11 is 0. The summed E-state index contributed by atoms with van der Waals surface area (Å²) < 4.78 is 16.0. The maximum absolute atomic E-state index is 12.1. The Kier molecular flexibility index (Phi) is 4.63. The number of nitrogens with zero attached hydrogens (tertiary/aromatic N) is 1. The number of benzene rings is 1. The summed E-state index contributed by atoms with van der Waals surface area (Å²) in [5.41, 5.74) is 1.19. The van der Waals surface area contributed by atoms with Gasteiger partial charge in [-0.25, -0.2) is 0 Å². The standard InChI is InChI=1S/C19H24N2O4/c22-18(4-2-15-1-3-16-17(11-15)25-14-24-16)20-12-19(5-6-19)13-21-7-9-23-10-8-21/h1-4,11H,5-10,12-14H2,(H,20,22)/b4-2+. The molecule has 1 saturated carbocycles. The lowest BCUT2D eigenvalue weighted by Crippen LogP contribution is -2.43. The average molecular weight is 344 g/mol. The third kappa shape index (κ3) is 4.14. The molecule has 4 rings (SSSR count). The van der Waals surface area contributed by atoms with Gasteiger partial charge < -0.3 is 19.5 Å². The lowest BCUT2D eigenvalue weighted by Gasteiger charge is -2.30. The highest BCUT2D eigenvalue weighted by Crippen LogP contribution is 2.45. The quantitative estimate of drug-likeness (QED) is 0.796. The fourth-order valence-corrected chi connectivity index (χ4v) is 3.32. The SMILES string of the molecule is O=C(/C=C/c1ccc2c(c1)OCO2)NCC1(CN2CCOCC2)CC1. The Hall–Kier alpha value is -2.05. The molecule has 2 fully saturated rings. The first-order valence-corrected chi connectivity index (χ1v) is 8.88. The van der Waals surface area contributed by atoms with Gasteiger partial charge in [0.15, 0.2) is 11.5 Å². The lowest BCUT2D eigenvalue weighted by molar-refractivity contribution is -0.116. The maximum atomic E-state index is 12.1. The van der Waals surface area contributed by atoms with Crippen molar-refractivity contribution in [2.24, 2.45) is 5.41 Å². The molecule has 6 nitrogen and oxygen atoms in total. The molecule has 0 aromatic heterocycles. The highest BCUT2D eigenvalue weighted by molar-refractivity contribution is 5.91. The molecular formula is C19H24N2O4. The van der Waals surface area contributed by atoms with Crippen molar-refractivity contribution in [2.45, 2.75) is 12.8 Å². The molecule has 25 heavy (non-hydrogen) atoms. The molecule has 0 spiro atoms. The van der Waals surface area contributed by atoms with Crippen LogP contribution in [0.25, 0.3) is 6.08 Å². The van der Waals surface area contributed by atoms with E-state index in [1.54, 1.807) is 12.2 Å². The Morgan fingerprint density at radius 2 is 2.00 bits per heavy atom. The Labute approximate surface area is 147 Å². The average Bonchev–Trinajstić information content (AvgIpc) is 3.24. The zero-order valence-electron chi connectivity index (χ0n) is 14.3. The van der Waals surface area contributed by atoms with E-state index in [9.17, 15) is 4.79 Å². The first-order valence-electron chi connectivity index (χ1n) is 8.88. The van der Waals surface area contributed by atoms with Crippen molar-refractivity contribution in [1.29, 1.82) is 0 Å². The minimum absolute atomic E-state index is 0.0501. The molecule has 2 heterocycles. The van der Waals surface area contributed by atoms with Crippen LogP contribution in [0.2, 0.25) is 0 Å². The Morgan fingerprint density at radius 3 is 2.80 bits per heavy atom. The van der Waals surface area contributed by atoms with Crippen LogP contribution in [0.1, 0.15) is 18.4 Å². The normalized spacial score (nSPS) is 21.4. The molecule has 1 saturated heterocycles. The van der Waals surface area contributed by atoms with Crippen LogP contribution in [0.4, 0.5) is 0 Å². The summed E-state index contributed by atoms with van der Waals surface area (Å²) in [7, 11) is 0. The minimum atomic E-state index is -0.0501. The van der Waals surface area contributed by atoms with Crippen molar-refractivity contribution >= 4 is 12.0 Å². The highest BCUT2D eigenvalue weighted by atomic mass is 16.7. The smallest absolute Gasteiger partial charge is 0.244 e. The van der Waals surface area contributed by atoms with E-state index in [-0.39, 0.29) is 18.1 Å². The number of carbonyl (C=O) groups excluding carboxylic acids is 1. The molecule has 1 aliphatic carbocycles. The second-order valence-corrected chi connectivity index (χ2v) is 7.05. The largest absolute Gasteiger partial charge is 0.454 e. The summed E-state index contributed by atoms with van der Waals surface area (Å²) in [6, 6.07) is 5.66. The molecule has 0 unspecified atom stereocenters. The van der Waals surface area contributed by atoms with Gasteiger partial charge >= 0.3 is 0 Å². The Morgan fingerprint density at radius 1 is 1.20 bits per heavy atom. The van der Waals surface area contributed by atoms with Crippen molar-refractivity contribution in [3.8, 4) is 11.5 Å². The van der Waals surface area contributed by atoms with Crippen LogP contribution < -0.4 is 14.8 Å². The predicted molar refractivity (Wildman–Crippen MR) is 93.5 cm³/mol. The number of fused-ring (bicyclic) bond motifs is 1. The van der Waals surface area contributed by atoms with E-state index in [1.807, 2.05) is 18.2 Å². The lowest BCUT2D eigenvalue weighted by atomic mass is 10.1. The van der Waals surface area contributed by atoms with E-state index >= 15 is 0 Å². The maximum Gasteiger partial charge on any atom is 0.244 e. The molecule has 6 heteroatoms. The van der Waals surface area contributed by atoms with E-state index in [0.717, 1.165) is 56.5 Å². The van der Waals surface area contributed by atoms with Gasteiger partial charge in [-0.15, -0.1) is 0 Å². The topological polar surface area (TPSA) is 60.0 Å². The molecule has 1 amide bonds. The number of nitrogens with one attached hydrogen (secondary N) is 1. The number of ether oxygens (including phenoxy) is 3. The second kappa shape index (κ2) is 7.06. The van der Waals surface area contributed by atoms with Crippen molar-refractivity contribution in [1.82, 2.24) is 10.2 Å². The van der Waals surface area contributed by atoms with Gasteiger partial charge in [-0.2, -0.15) is 0 Å². The number of hydrogen-bond acceptors (Lipinski definition) is 5. The third-order valence-electron chi connectivity index (χ3n) is 5.08. The number of morpholine rings is 1. The van der Waals surface area contributed by atoms with Gasteiger partial charge in [-0.1, -0.05) is 6.07 Å². The number of amides is 1. The van der Waals surface area contributed by atoms with Crippen LogP contribution in [0, 0.1) is 5.41 Å². The summed E-state index contributed by atoms with van der Waals surface area (Å²) in [5.74, 6) is 1.43. The number of hydrogen-bond donors (Lipinski definition) is 1. The van der Waals surface area contributed by atoms with Crippen LogP contribution in [-0.4, -0.2) is 57.0 Å². The van der Waals surface area contributed by atoms with Crippen molar-refractivity contribution in [3.05, 3.63) is 29.8 Å². The van der Waals surface area contributed by atoms with Crippen LogP contribution in [0.5, 0.6) is 11.5 Å².